The molecule has 0 amide bonds. The van der Waals surface area contributed by atoms with Gasteiger partial charge in [0, 0.05) is 13.1 Å². The van der Waals surface area contributed by atoms with Crippen molar-refractivity contribution in [1.29, 1.82) is 0 Å². The number of nitrogens with zero attached hydrogens (tertiary/aromatic N) is 3. The van der Waals surface area contributed by atoms with E-state index in [0.717, 1.165) is 31.7 Å². The second-order valence-corrected chi connectivity index (χ2v) is 4.29. The second-order valence-electron chi connectivity index (χ2n) is 4.29. The van der Waals surface area contributed by atoms with E-state index >= 15 is 0 Å². The van der Waals surface area contributed by atoms with E-state index in [1.165, 1.54) is 6.20 Å². The van der Waals surface area contributed by atoms with Gasteiger partial charge in [-0.1, -0.05) is 0 Å². The number of aromatic nitrogens is 2. The molecule has 15 heavy (non-hydrogen) atoms. The number of rotatable bonds is 1. The molecule has 1 aromatic heterocycles. The van der Waals surface area contributed by atoms with Gasteiger partial charge in [0.05, 0.1) is 18.0 Å². The lowest BCUT2D eigenvalue weighted by atomic mass is 9.94. The molecule has 3 N–H and O–H groups in total. The van der Waals surface area contributed by atoms with Crippen molar-refractivity contribution in [2.45, 2.75) is 25.4 Å². The normalized spacial score (nSPS) is 20.3. The lowest BCUT2D eigenvalue weighted by Gasteiger charge is -2.36. The molecule has 0 spiro atoms. The number of nitrogen functional groups attached to an aromatic ring is 1. The van der Waals surface area contributed by atoms with Crippen molar-refractivity contribution < 1.29 is 5.11 Å². The van der Waals surface area contributed by atoms with Crippen LogP contribution >= 0.6 is 0 Å². The van der Waals surface area contributed by atoms with Crippen LogP contribution in [0.2, 0.25) is 0 Å². The van der Waals surface area contributed by atoms with Crippen LogP contribution in [0.5, 0.6) is 0 Å². The molecule has 1 saturated heterocycles. The Hall–Kier alpha value is -1.36. The van der Waals surface area contributed by atoms with Gasteiger partial charge < -0.3 is 15.7 Å². The fourth-order valence-electron chi connectivity index (χ4n) is 1.74. The van der Waals surface area contributed by atoms with Crippen LogP contribution in [-0.2, 0) is 0 Å². The highest BCUT2D eigenvalue weighted by Gasteiger charge is 2.27. The predicted molar refractivity (Wildman–Crippen MR) is 58.5 cm³/mol. The Morgan fingerprint density at radius 2 is 2.07 bits per heavy atom. The molecule has 0 saturated carbocycles. The lowest BCUT2D eigenvalue weighted by Crippen LogP contribution is -2.42. The standard InChI is InChI=1S/C10H16N4O/c1-10(15)2-4-14(5-3-10)9-7-12-6-8(11)13-9/h6-7,15H,2-5H2,1H3,(H2,11,13). The van der Waals surface area contributed by atoms with Crippen LogP contribution in [0.4, 0.5) is 11.6 Å². The first kappa shape index (κ1) is 10.2. The third-order valence-corrected chi connectivity index (χ3v) is 2.81. The molecule has 2 rings (SSSR count). The molecule has 0 aliphatic carbocycles. The Balaban J connectivity index is 2.08. The van der Waals surface area contributed by atoms with Crippen molar-refractivity contribution in [3.63, 3.8) is 0 Å². The summed E-state index contributed by atoms with van der Waals surface area (Å²) < 4.78 is 0. The molecule has 0 radical (unpaired) electrons. The van der Waals surface area contributed by atoms with Gasteiger partial charge in [0.25, 0.3) is 0 Å². The average Bonchev–Trinajstić information content (AvgIpc) is 2.17. The minimum atomic E-state index is -0.537. The Morgan fingerprint density at radius 1 is 1.40 bits per heavy atom. The van der Waals surface area contributed by atoms with Gasteiger partial charge >= 0.3 is 0 Å². The molecular weight excluding hydrogens is 192 g/mol. The van der Waals surface area contributed by atoms with Crippen LogP contribution in [-0.4, -0.2) is 33.8 Å². The van der Waals surface area contributed by atoms with Crippen molar-refractivity contribution in [3.8, 4) is 0 Å². The molecule has 1 aromatic rings. The number of hydrogen-bond donors (Lipinski definition) is 2. The van der Waals surface area contributed by atoms with E-state index in [0.29, 0.717) is 5.82 Å². The van der Waals surface area contributed by atoms with Crippen molar-refractivity contribution >= 4 is 11.6 Å². The van der Waals surface area contributed by atoms with E-state index in [9.17, 15) is 5.11 Å². The third-order valence-electron chi connectivity index (χ3n) is 2.81. The summed E-state index contributed by atoms with van der Waals surface area (Å²) in [7, 11) is 0. The Morgan fingerprint density at radius 3 is 2.67 bits per heavy atom. The number of nitrogens with two attached hydrogens (primary N) is 1. The van der Waals surface area contributed by atoms with Crippen LogP contribution in [0, 0.1) is 0 Å². The number of hydrogen-bond acceptors (Lipinski definition) is 5. The quantitative estimate of drug-likeness (QED) is 0.699. The van der Waals surface area contributed by atoms with E-state index in [4.69, 9.17) is 5.73 Å². The molecular formula is C10H16N4O. The minimum Gasteiger partial charge on any atom is -0.390 e. The molecule has 0 aromatic carbocycles. The van der Waals surface area contributed by atoms with Crippen LogP contribution < -0.4 is 10.6 Å². The average molecular weight is 208 g/mol. The topological polar surface area (TPSA) is 75.3 Å². The summed E-state index contributed by atoms with van der Waals surface area (Å²) >= 11 is 0. The predicted octanol–water partition coefficient (Wildman–Crippen LogP) is 0.410. The minimum absolute atomic E-state index is 0.435. The molecule has 2 heterocycles. The van der Waals surface area contributed by atoms with Crippen LogP contribution in [0.3, 0.4) is 0 Å². The third kappa shape index (κ3) is 2.36. The molecule has 82 valence electrons. The first-order valence-electron chi connectivity index (χ1n) is 5.12. The maximum atomic E-state index is 9.81. The van der Waals surface area contributed by atoms with Gasteiger partial charge in [0.15, 0.2) is 0 Å². The highest BCUT2D eigenvalue weighted by Crippen LogP contribution is 2.24. The van der Waals surface area contributed by atoms with Gasteiger partial charge in [-0.2, -0.15) is 0 Å². The summed E-state index contributed by atoms with van der Waals surface area (Å²) in [4.78, 5) is 10.3. The molecule has 1 aliphatic rings. The fraction of sp³-hybridized carbons (Fsp3) is 0.600. The van der Waals surface area contributed by atoms with Gasteiger partial charge in [-0.3, -0.25) is 4.98 Å². The maximum Gasteiger partial charge on any atom is 0.149 e. The molecule has 1 fully saturated rings. The van der Waals surface area contributed by atoms with Crippen LogP contribution in [0.15, 0.2) is 12.4 Å². The summed E-state index contributed by atoms with van der Waals surface area (Å²) in [5.41, 5.74) is 5.03. The van der Waals surface area contributed by atoms with Crippen molar-refractivity contribution in [2.24, 2.45) is 0 Å². The highest BCUT2D eigenvalue weighted by molar-refractivity contribution is 5.41. The van der Waals surface area contributed by atoms with Gasteiger partial charge in [-0.05, 0) is 19.8 Å². The number of anilines is 2. The largest absolute Gasteiger partial charge is 0.390 e. The number of aliphatic hydroxyl groups is 1. The monoisotopic (exact) mass is 208 g/mol. The zero-order chi connectivity index (χ0) is 10.9. The van der Waals surface area contributed by atoms with E-state index in [2.05, 4.69) is 14.9 Å². The van der Waals surface area contributed by atoms with Crippen LogP contribution in [0.25, 0.3) is 0 Å². The Bertz CT molecular complexity index is 343. The molecule has 0 bridgehead atoms. The summed E-state index contributed by atoms with van der Waals surface area (Å²) in [5.74, 6) is 1.23. The molecule has 5 heteroatoms. The van der Waals surface area contributed by atoms with Crippen molar-refractivity contribution in [3.05, 3.63) is 12.4 Å². The van der Waals surface area contributed by atoms with Crippen molar-refractivity contribution in [2.75, 3.05) is 23.7 Å². The van der Waals surface area contributed by atoms with Gasteiger partial charge in [0.1, 0.15) is 11.6 Å². The van der Waals surface area contributed by atoms with Crippen LogP contribution in [0.1, 0.15) is 19.8 Å². The molecule has 0 unspecified atom stereocenters. The second kappa shape index (κ2) is 3.66. The van der Waals surface area contributed by atoms with E-state index < -0.39 is 5.60 Å². The van der Waals surface area contributed by atoms with E-state index in [1.807, 2.05) is 6.92 Å². The van der Waals surface area contributed by atoms with Gasteiger partial charge in [0.2, 0.25) is 0 Å². The smallest absolute Gasteiger partial charge is 0.149 e. The Kier molecular flexibility index (Phi) is 2.48. The first-order valence-corrected chi connectivity index (χ1v) is 5.12. The van der Waals surface area contributed by atoms with Gasteiger partial charge in [-0.15, -0.1) is 0 Å². The molecule has 1 aliphatic heterocycles. The van der Waals surface area contributed by atoms with E-state index in [-0.39, 0.29) is 0 Å². The number of piperidine rings is 1. The first-order chi connectivity index (χ1) is 7.07. The molecule has 0 atom stereocenters. The van der Waals surface area contributed by atoms with Gasteiger partial charge in [-0.25, -0.2) is 4.98 Å². The lowest BCUT2D eigenvalue weighted by molar-refractivity contribution is 0.0350. The zero-order valence-electron chi connectivity index (χ0n) is 8.85. The fourth-order valence-corrected chi connectivity index (χ4v) is 1.74. The summed E-state index contributed by atoms with van der Waals surface area (Å²) in [6, 6.07) is 0. The zero-order valence-corrected chi connectivity index (χ0v) is 8.85. The highest BCUT2D eigenvalue weighted by atomic mass is 16.3. The van der Waals surface area contributed by atoms with Crippen molar-refractivity contribution in [1.82, 2.24) is 9.97 Å². The maximum absolute atomic E-state index is 9.81. The molecule has 5 nitrogen and oxygen atoms in total. The summed E-state index contributed by atoms with van der Waals surface area (Å²) in [6.07, 6.45) is 4.74. The van der Waals surface area contributed by atoms with E-state index in [1.54, 1.807) is 6.20 Å². The Labute approximate surface area is 88.9 Å². The summed E-state index contributed by atoms with van der Waals surface area (Å²) in [5, 5.41) is 9.81. The summed E-state index contributed by atoms with van der Waals surface area (Å²) in [6.45, 7) is 3.46. The SMILES string of the molecule is CC1(O)CCN(c2cncc(N)n2)CC1.